The van der Waals surface area contributed by atoms with Crippen LogP contribution in [0.4, 0.5) is 17.3 Å². The van der Waals surface area contributed by atoms with Crippen molar-refractivity contribution in [3.63, 3.8) is 0 Å². The van der Waals surface area contributed by atoms with Crippen LogP contribution < -0.4 is 20.3 Å². The average Bonchev–Trinajstić information content (AvgIpc) is 3.11. The predicted octanol–water partition coefficient (Wildman–Crippen LogP) is 2.16. The minimum atomic E-state index is -0.320. The van der Waals surface area contributed by atoms with Gasteiger partial charge in [0.05, 0.1) is 26.4 Å². The number of methoxy groups -OCH3 is 1. The molecule has 2 aromatic rings. The Balaban J connectivity index is 1.34. The molecule has 0 radical (unpaired) electrons. The molecule has 4 aliphatic rings. The molecule has 3 N–H and O–H groups in total. The minimum absolute atomic E-state index is 0.0329. The van der Waals surface area contributed by atoms with E-state index < -0.39 is 0 Å². The second-order valence-electron chi connectivity index (χ2n) is 9.43. The molecule has 1 aromatic carbocycles. The van der Waals surface area contributed by atoms with Gasteiger partial charge in [0.1, 0.15) is 23.1 Å². The lowest BCUT2D eigenvalue weighted by molar-refractivity contribution is -0.112. The number of ketones is 1. The van der Waals surface area contributed by atoms with Crippen LogP contribution in [0.5, 0.6) is 6.01 Å². The van der Waals surface area contributed by atoms with E-state index in [1.165, 1.54) is 24.5 Å². The third-order valence-electron chi connectivity index (χ3n) is 7.71. The number of rotatable bonds is 6. The van der Waals surface area contributed by atoms with Gasteiger partial charge in [0, 0.05) is 23.5 Å². The Labute approximate surface area is 192 Å². The highest BCUT2D eigenvalue weighted by Gasteiger charge is 2.84. The number of ether oxygens (including phenoxy) is 2. The molecule has 4 heterocycles. The zero-order chi connectivity index (χ0) is 22.7. The van der Waals surface area contributed by atoms with Crippen LogP contribution in [-0.4, -0.2) is 67.5 Å². The number of anilines is 3. The number of nitrogens with one attached hydrogen (secondary N) is 3. The molecule has 9 heteroatoms. The quantitative estimate of drug-likeness (QED) is 0.577. The fourth-order valence-corrected chi connectivity index (χ4v) is 5.90. The normalized spacial score (nSPS) is 28.1. The van der Waals surface area contributed by atoms with Crippen LogP contribution in [0.25, 0.3) is 0 Å². The van der Waals surface area contributed by atoms with E-state index in [4.69, 9.17) is 14.9 Å². The zero-order valence-electron chi connectivity index (χ0n) is 18.9. The van der Waals surface area contributed by atoms with Crippen molar-refractivity contribution >= 4 is 29.3 Å². The molecule has 0 bridgehead atoms. The molecule has 9 nitrogen and oxygen atoms in total. The maximum atomic E-state index is 12.5. The Kier molecular flexibility index (Phi) is 4.67. The van der Waals surface area contributed by atoms with E-state index in [-0.39, 0.29) is 29.3 Å². The van der Waals surface area contributed by atoms with E-state index in [0.29, 0.717) is 30.8 Å². The summed E-state index contributed by atoms with van der Waals surface area (Å²) in [4.78, 5) is 23.5. The van der Waals surface area contributed by atoms with Crippen molar-refractivity contribution in [1.82, 2.24) is 15.3 Å². The molecule has 1 aromatic heterocycles. The molecule has 3 unspecified atom stereocenters. The van der Waals surface area contributed by atoms with Gasteiger partial charge in [0.2, 0.25) is 0 Å². The lowest BCUT2D eigenvalue weighted by atomic mass is 9.86. The molecule has 3 aliphatic heterocycles. The first-order chi connectivity index (χ1) is 16.1. The molecular weight excluding hydrogens is 420 g/mol. The van der Waals surface area contributed by atoms with E-state index in [1.54, 1.807) is 0 Å². The van der Waals surface area contributed by atoms with Gasteiger partial charge in [-0.05, 0) is 62.0 Å². The molecular formula is C24H28N6O3. The van der Waals surface area contributed by atoms with E-state index >= 15 is 0 Å². The van der Waals surface area contributed by atoms with E-state index in [2.05, 4.69) is 39.7 Å². The summed E-state index contributed by atoms with van der Waals surface area (Å²) in [6, 6.07) is 6.19. The summed E-state index contributed by atoms with van der Waals surface area (Å²) < 4.78 is 11.0. The van der Waals surface area contributed by atoms with E-state index in [9.17, 15) is 4.79 Å². The lowest BCUT2D eigenvalue weighted by Gasteiger charge is -2.40. The predicted molar refractivity (Wildman–Crippen MR) is 124 cm³/mol. The Hall–Kier alpha value is -3.04. The van der Waals surface area contributed by atoms with Crippen LogP contribution in [0.1, 0.15) is 35.4 Å². The number of carbonyl (C=O) groups is 1. The van der Waals surface area contributed by atoms with E-state index in [1.807, 2.05) is 11.0 Å². The van der Waals surface area contributed by atoms with Crippen LogP contribution >= 0.6 is 0 Å². The Morgan fingerprint density at radius 2 is 2.12 bits per heavy atom. The number of hydrogen-bond donors (Lipinski definition) is 3. The van der Waals surface area contributed by atoms with Gasteiger partial charge in [0.25, 0.3) is 0 Å². The summed E-state index contributed by atoms with van der Waals surface area (Å²) in [5.41, 5.74) is 3.83. The largest absolute Gasteiger partial charge is 0.467 e. The monoisotopic (exact) mass is 448 g/mol. The van der Waals surface area contributed by atoms with Crippen molar-refractivity contribution in [3.8, 4) is 6.01 Å². The van der Waals surface area contributed by atoms with Crippen LogP contribution in [-0.2, 0) is 9.53 Å². The van der Waals surface area contributed by atoms with Gasteiger partial charge in [-0.2, -0.15) is 9.97 Å². The molecule has 3 saturated heterocycles. The number of carbonyl (C=O) groups excluding carboxylic acids is 1. The third-order valence-corrected chi connectivity index (χ3v) is 7.71. The van der Waals surface area contributed by atoms with Gasteiger partial charge in [-0.1, -0.05) is 0 Å². The summed E-state index contributed by atoms with van der Waals surface area (Å²) in [6.45, 7) is 5.21. The Morgan fingerprint density at radius 1 is 1.30 bits per heavy atom. The molecule has 0 amide bonds. The van der Waals surface area contributed by atoms with Crippen LogP contribution in [0, 0.1) is 17.7 Å². The second kappa shape index (κ2) is 7.50. The minimum Gasteiger partial charge on any atom is -0.467 e. The molecule has 6 rings (SSSR count). The molecule has 3 atom stereocenters. The fourth-order valence-electron chi connectivity index (χ4n) is 5.90. The van der Waals surface area contributed by atoms with E-state index in [0.717, 1.165) is 37.2 Å². The Bertz CT molecular complexity index is 1150. The topological polar surface area (TPSA) is 112 Å². The Morgan fingerprint density at radius 3 is 2.88 bits per heavy atom. The summed E-state index contributed by atoms with van der Waals surface area (Å²) >= 11 is 0. The van der Waals surface area contributed by atoms with Crippen LogP contribution in [0.15, 0.2) is 18.2 Å². The van der Waals surface area contributed by atoms with Crippen molar-refractivity contribution in [2.24, 2.45) is 5.41 Å². The molecule has 33 heavy (non-hydrogen) atoms. The summed E-state index contributed by atoms with van der Waals surface area (Å²) in [5, 5.41) is 14.8. The number of hydrogen-bond acceptors (Lipinski definition) is 9. The van der Waals surface area contributed by atoms with Crippen molar-refractivity contribution in [1.29, 1.82) is 5.41 Å². The lowest BCUT2D eigenvalue weighted by Crippen LogP contribution is -2.56. The van der Waals surface area contributed by atoms with Gasteiger partial charge in [-0.3, -0.25) is 4.79 Å². The average molecular weight is 449 g/mol. The first-order valence-electron chi connectivity index (χ1n) is 11.5. The molecule has 1 saturated carbocycles. The van der Waals surface area contributed by atoms with Crippen molar-refractivity contribution < 1.29 is 14.3 Å². The fraction of sp³-hybridized carbons (Fsp3) is 0.500. The number of aromatic nitrogens is 2. The van der Waals surface area contributed by atoms with Gasteiger partial charge >= 0.3 is 6.01 Å². The van der Waals surface area contributed by atoms with Gasteiger partial charge in [0.15, 0.2) is 5.78 Å². The van der Waals surface area contributed by atoms with Crippen LogP contribution in [0.2, 0.25) is 0 Å². The SMILES string of the molecule is COc1nc(Nc2cc(C3CCNCC3)c(C)cc2C=N)cc(N2C3COCC34C(=O)C24)n1. The smallest absolute Gasteiger partial charge is 0.320 e. The highest BCUT2D eigenvalue weighted by atomic mass is 16.5. The standard InChI is InChI=1S/C24H28N6O3/c1-13-7-15(10-25)17(8-16(13)14-3-5-26-6-4-14)27-19-9-20(29-23(28-19)32-2)30-18-11-33-12-24(18)21(30)22(24)31/h7-10,14,18,21,25-26H,3-6,11-12H2,1-2H3,(H,27,28,29). The number of benzene rings is 1. The van der Waals surface area contributed by atoms with Crippen molar-refractivity contribution in [3.05, 3.63) is 34.9 Å². The van der Waals surface area contributed by atoms with Gasteiger partial charge in [-0.25, -0.2) is 0 Å². The van der Waals surface area contributed by atoms with Gasteiger partial charge in [-0.15, -0.1) is 0 Å². The zero-order valence-corrected chi connectivity index (χ0v) is 18.9. The number of piperidine rings is 1. The van der Waals surface area contributed by atoms with Crippen molar-refractivity contribution in [2.45, 2.75) is 37.8 Å². The summed E-state index contributed by atoms with van der Waals surface area (Å²) in [6.07, 6.45) is 3.57. The summed E-state index contributed by atoms with van der Waals surface area (Å²) in [5.74, 6) is 1.98. The molecule has 172 valence electrons. The molecule has 4 fully saturated rings. The van der Waals surface area contributed by atoms with Crippen molar-refractivity contribution in [2.75, 3.05) is 43.6 Å². The number of Topliss-reactive ketones (excluding diaryl/α,β-unsaturated/α-hetero) is 1. The maximum Gasteiger partial charge on any atom is 0.320 e. The van der Waals surface area contributed by atoms with Crippen LogP contribution in [0.3, 0.4) is 0 Å². The first-order valence-corrected chi connectivity index (χ1v) is 11.5. The maximum absolute atomic E-state index is 12.5. The molecule has 1 aliphatic carbocycles. The highest BCUT2D eigenvalue weighted by molar-refractivity contribution is 6.16. The summed E-state index contributed by atoms with van der Waals surface area (Å²) in [7, 11) is 1.54. The first kappa shape index (κ1) is 20.6. The van der Waals surface area contributed by atoms with Gasteiger partial charge < -0.3 is 30.4 Å². The highest BCUT2D eigenvalue weighted by Crippen LogP contribution is 2.63. The number of nitrogens with zero attached hydrogens (tertiary/aromatic N) is 3. The number of aryl methyl sites for hydroxylation is 1. The second-order valence-corrected chi connectivity index (χ2v) is 9.43. The molecule has 1 spiro atoms. The third kappa shape index (κ3) is 2.99.